The van der Waals surface area contributed by atoms with Crippen LogP contribution in [0.3, 0.4) is 0 Å². The molecule has 0 N–H and O–H groups in total. The van der Waals surface area contributed by atoms with Crippen molar-refractivity contribution >= 4 is 28.7 Å². The molecule has 0 aliphatic carbocycles. The molecule has 2 heterocycles. The Kier molecular flexibility index (Phi) is 4.29. The highest BCUT2D eigenvalue weighted by Crippen LogP contribution is 2.32. The maximum absolute atomic E-state index is 11.8. The van der Waals surface area contributed by atoms with E-state index in [0.29, 0.717) is 13.1 Å². The van der Waals surface area contributed by atoms with E-state index in [-0.39, 0.29) is 11.8 Å². The van der Waals surface area contributed by atoms with E-state index >= 15 is 0 Å². The second kappa shape index (κ2) is 5.77. The van der Waals surface area contributed by atoms with Gasteiger partial charge in [-0.2, -0.15) is 4.99 Å². The largest absolute Gasteiger partial charge is 0.347 e. The average Bonchev–Trinajstić information content (AvgIpc) is 2.80. The van der Waals surface area contributed by atoms with Crippen LogP contribution in [-0.2, 0) is 9.59 Å². The Labute approximate surface area is 117 Å². The minimum absolute atomic E-state index is 0.110. The maximum Gasteiger partial charge on any atom is 0.286 e. The minimum atomic E-state index is -0.117. The summed E-state index contributed by atoms with van der Waals surface area (Å²) in [7, 11) is 0. The quantitative estimate of drug-likeness (QED) is 0.683. The molecule has 5 nitrogen and oxygen atoms in total. The highest BCUT2D eigenvalue weighted by atomic mass is 32.2. The van der Waals surface area contributed by atoms with Gasteiger partial charge < -0.3 is 9.80 Å². The van der Waals surface area contributed by atoms with Crippen LogP contribution in [0.4, 0.5) is 0 Å². The molecule has 0 aromatic rings. The molecule has 0 atom stereocenters. The van der Waals surface area contributed by atoms with Gasteiger partial charge in [-0.05, 0) is 25.1 Å². The second-order valence-corrected chi connectivity index (χ2v) is 5.74. The van der Waals surface area contributed by atoms with Crippen molar-refractivity contribution in [3.05, 3.63) is 10.5 Å². The van der Waals surface area contributed by atoms with Crippen LogP contribution in [-0.4, -0.2) is 53.0 Å². The number of hydrogen-bond donors (Lipinski definition) is 0. The number of nitrogens with zero attached hydrogens (tertiary/aromatic N) is 3. The number of piperazine rings is 1. The highest BCUT2D eigenvalue weighted by molar-refractivity contribution is 8.18. The molecule has 0 aromatic heterocycles. The third-order valence-electron chi connectivity index (χ3n) is 3.50. The van der Waals surface area contributed by atoms with Crippen molar-refractivity contribution in [3.63, 3.8) is 0 Å². The SMILES string of the molecule is CC/C(C)=C1/SC(N2CCN(C(C)=O)CC2)=NC1=O. The van der Waals surface area contributed by atoms with Crippen LogP contribution in [0, 0.1) is 0 Å². The molecule has 19 heavy (non-hydrogen) atoms. The molecule has 2 aliphatic rings. The first-order valence-corrected chi connectivity index (χ1v) is 7.35. The topological polar surface area (TPSA) is 53.0 Å². The molecular weight excluding hydrogens is 262 g/mol. The Bertz CT molecular complexity index is 463. The number of hydrogen-bond acceptors (Lipinski definition) is 4. The second-order valence-electron chi connectivity index (χ2n) is 4.76. The number of carbonyl (C=O) groups is 2. The molecule has 1 saturated heterocycles. The Morgan fingerprint density at radius 2 is 1.89 bits per heavy atom. The predicted molar refractivity (Wildman–Crippen MR) is 76.9 cm³/mol. The molecule has 0 radical (unpaired) electrons. The first kappa shape index (κ1) is 14.1. The fourth-order valence-corrected chi connectivity index (χ4v) is 3.15. The molecule has 0 aromatic carbocycles. The van der Waals surface area contributed by atoms with Gasteiger partial charge in [0.25, 0.3) is 5.91 Å². The van der Waals surface area contributed by atoms with Crippen molar-refractivity contribution in [1.29, 1.82) is 0 Å². The van der Waals surface area contributed by atoms with Crippen molar-refractivity contribution in [1.82, 2.24) is 9.80 Å². The number of thioether (sulfide) groups is 1. The number of rotatable bonds is 1. The van der Waals surface area contributed by atoms with Gasteiger partial charge >= 0.3 is 0 Å². The minimum Gasteiger partial charge on any atom is -0.347 e. The summed E-state index contributed by atoms with van der Waals surface area (Å²) in [5, 5.41) is 0.788. The summed E-state index contributed by atoms with van der Waals surface area (Å²) in [6.07, 6.45) is 0.870. The Balaban J connectivity index is 2.01. The first-order chi connectivity index (χ1) is 9.02. The first-order valence-electron chi connectivity index (χ1n) is 6.54. The van der Waals surface area contributed by atoms with Crippen LogP contribution in [0.5, 0.6) is 0 Å². The predicted octanol–water partition coefficient (Wildman–Crippen LogP) is 1.46. The molecule has 0 bridgehead atoms. The van der Waals surface area contributed by atoms with Crippen molar-refractivity contribution < 1.29 is 9.59 Å². The number of carbonyl (C=O) groups excluding carboxylic acids is 2. The highest BCUT2D eigenvalue weighted by Gasteiger charge is 2.29. The van der Waals surface area contributed by atoms with Crippen LogP contribution in [0.15, 0.2) is 15.5 Å². The third-order valence-corrected chi connectivity index (χ3v) is 4.76. The van der Waals surface area contributed by atoms with Gasteiger partial charge in [0.15, 0.2) is 5.17 Å². The summed E-state index contributed by atoms with van der Waals surface area (Å²) in [4.78, 5) is 31.9. The molecule has 0 saturated carbocycles. The fraction of sp³-hybridized carbons (Fsp3) is 0.615. The maximum atomic E-state index is 11.8. The van der Waals surface area contributed by atoms with Crippen LogP contribution < -0.4 is 0 Å². The molecule has 2 aliphatic heterocycles. The lowest BCUT2D eigenvalue weighted by atomic mass is 10.2. The number of amides is 2. The monoisotopic (exact) mass is 281 g/mol. The molecule has 0 spiro atoms. The van der Waals surface area contributed by atoms with Crippen molar-refractivity contribution in [2.24, 2.45) is 4.99 Å². The van der Waals surface area contributed by atoms with E-state index in [1.54, 1.807) is 6.92 Å². The Morgan fingerprint density at radius 1 is 1.26 bits per heavy atom. The van der Waals surface area contributed by atoms with E-state index in [0.717, 1.165) is 35.2 Å². The van der Waals surface area contributed by atoms with Gasteiger partial charge in [-0.15, -0.1) is 0 Å². The lowest BCUT2D eigenvalue weighted by molar-refractivity contribution is -0.130. The van der Waals surface area contributed by atoms with E-state index in [1.165, 1.54) is 11.8 Å². The van der Waals surface area contributed by atoms with Crippen LogP contribution in [0.1, 0.15) is 27.2 Å². The van der Waals surface area contributed by atoms with Gasteiger partial charge in [0.2, 0.25) is 5.91 Å². The van der Waals surface area contributed by atoms with Crippen molar-refractivity contribution in [2.75, 3.05) is 26.2 Å². The molecule has 104 valence electrons. The van der Waals surface area contributed by atoms with Gasteiger partial charge in [-0.25, -0.2) is 0 Å². The average molecular weight is 281 g/mol. The van der Waals surface area contributed by atoms with E-state index in [2.05, 4.69) is 9.89 Å². The normalized spacial score (nSPS) is 22.7. The zero-order valence-electron chi connectivity index (χ0n) is 11.6. The van der Waals surface area contributed by atoms with Crippen molar-refractivity contribution in [3.8, 4) is 0 Å². The molecule has 6 heteroatoms. The van der Waals surface area contributed by atoms with Crippen LogP contribution >= 0.6 is 11.8 Å². The Hall–Kier alpha value is -1.30. The summed E-state index contributed by atoms with van der Waals surface area (Å²) < 4.78 is 0. The molecule has 2 amide bonds. The fourth-order valence-electron chi connectivity index (χ4n) is 2.07. The standard InChI is InChI=1S/C13H19N3O2S/c1-4-9(2)11-12(18)14-13(19-11)16-7-5-15(6-8-16)10(3)17/h4-8H2,1-3H3/b11-9+. The number of aliphatic imine (C=N–C) groups is 1. The van der Waals surface area contributed by atoms with E-state index < -0.39 is 0 Å². The smallest absolute Gasteiger partial charge is 0.286 e. The van der Waals surface area contributed by atoms with Gasteiger partial charge in [0.1, 0.15) is 0 Å². The molecule has 0 unspecified atom stereocenters. The number of allylic oxidation sites excluding steroid dienone is 1. The lowest BCUT2D eigenvalue weighted by Crippen LogP contribution is -2.49. The van der Waals surface area contributed by atoms with Gasteiger partial charge in [0.05, 0.1) is 4.91 Å². The van der Waals surface area contributed by atoms with Crippen LogP contribution in [0.25, 0.3) is 0 Å². The van der Waals surface area contributed by atoms with Crippen molar-refractivity contribution in [2.45, 2.75) is 27.2 Å². The zero-order chi connectivity index (χ0) is 14.0. The molecule has 2 rings (SSSR count). The van der Waals surface area contributed by atoms with Gasteiger partial charge in [0, 0.05) is 33.1 Å². The lowest BCUT2D eigenvalue weighted by Gasteiger charge is -2.34. The summed E-state index contributed by atoms with van der Waals surface area (Å²) in [5.41, 5.74) is 1.09. The zero-order valence-corrected chi connectivity index (χ0v) is 12.4. The van der Waals surface area contributed by atoms with E-state index in [4.69, 9.17) is 0 Å². The van der Waals surface area contributed by atoms with E-state index in [9.17, 15) is 9.59 Å². The van der Waals surface area contributed by atoms with Crippen LogP contribution in [0.2, 0.25) is 0 Å². The molecular formula is C13H19N3O2S. The van der Waals surface area contributed by atoms with E-state index in [1.807, 2.05) is 18.7 Å². The summed E-state index contributed by atoms with van der Waals surface area (Å²) in [6, 6.07) is 0. The third kappa shape index (κ3) is 3.00. The summed E-state index contributed by atoms with van der Waals surface area (Å²) in [5.74, 6) is -0.00694. The number of amidine groups is 1. The van der Waals surface area contributed by atoms with Gasteiger partial charge in [-0.1, -0.05) is 12.5 Å². The Morgan fingerprint density at radius 3 is 2.42 bits per heavy atom. The van der Waals surface area contributed by atoms with Gasteiger partial charge in [-0.3, -0.25) is 9.59 Å². The molecule has 1 fully saturated rings. The summed E-state index contributed by atoms with van der Waals surface area (Å²) in [6.45, 7) is 8.51. The summed E-state index contributed by atoms with van der Waals surface area (Å²) >= 11 is 1.47.